The number of benzene rings is 1. The highest BCUT2D eigenvalue weighted by Crippen LogP contribution is 2.27. The van der Waals surface area contributed by atoms with Crippen LogP contribution in [0.25, 0.3) is 5.52 Å². The van der Waals surface area contributed by atoms with Crippen molar-refractivity contribution in [2.45, 2.75) is 13.1 Å². The summed E-state index contributed by atoms with van der Waals surface area (Å²) in [6.45, 7) is 0.798. The fraction of sp³-hybridized carbons (Fsp3) is 0.222. The van der Waals surface area contributed by atoms with Gasteiger partial charge in [0.2, 0.25) is 0 Å². The number of carbonyl (C=O) groups is 1. The summed E-state index contributed by atoms with van der Waals surface area (Å²) >= 11 is 0. The van der Waals surface area contributed by atoms with Crippen LogP contribution in [-0.4, -0.2) is 29.9 Å². The first-order valence-corrected chi connectivity index (χ1v) is 7.85. The van der Waals surface area contributed by atoms with Gasteiger partial charge in [0.05, 0.1) is 25.9 Å². The number of rotatable bonds is 6. The largest absolute Gasteiger partial charge is 0.493 e. The number of pyridine rings is 1. The first-order valence-electron chi connectivity index (χ1n) is 7.85. The second kappa shape index (κ2) is 7.57. The van der Waals surface area contributed by atoms with E-state index in [4.69, 9.17) is 9.47 Å². The van der Waals surface area contributed by atoms with Crippen LogP contribution in [0.3, 0.4) is 0 Å². The van der Waals surface area contributed by atoms with E-state index >= 15 is 0 Å². The lowest BCUT2D eigenvalue weighted by Gasteiger charge is -2.11. The van der Waals surface area contributed by atoms with Gasteiger partial charge in [0, 0.05) is 24.8 Å². The molecule has 25 heavy (non-hydrogen) atoms. The summed E-state index contributed by atoms with van der Waals surface area (Å²) in [5, 5.41) is 9.91. The summed E-state index contributed by atoms with van der Waals surface area (Å²) in [5.74, 6) is 1.29. The van der Waals surface area contributed by atoms with Gasteiger partial charge in [-0.15, -0.1) is 0 Å². The molecule has 0 saturated carbocycles. The van der Waals surface area contributed by atoms with Gasteiger partial charge in [-0.05, 0) is 29.8 Å². The lowest BCUT2D eigenvalue weighted by molar-refractivity contribution is 0.240. The molecule has 0 aliphatic rings. The number of nitrogens with zero attached hydrogens (tertiary/aromatic N) is 2. The first-order chi connectivity index (χ1) is 12.2. The lowest BCUT2D eigenvalue weighted by atomic mass is 10.2. The van der Waals surface area contributed by atoms with Gasteiger partial charge in [0.15, 0.2) is 11.5 Å². The zero-order valence-corrected chi connectivity index (χ0v) is 14.2. The highest BCUT2D eigenvalue weighted by Gasteiger charge is 2.07. The normalized spacial score (nSPS) is 10.5. The number of hydrogen-bond donors (Lipinski definition) is 2. The van der Waals surface area contributed by atoms with Gasteiger partial charge in [-0.3, -0.25) is 0 Å². The topological polar surface area (TPSA) is 76.9 Å². The quantitative estimate of drug-likeness (QED) is 0.722. The number of fused-ring (bicyclic) bond motifs is 1. The molecule has 3 aromatic rings. The number of carbonyl (C=O) groups excluding carboxylic acids is 1. The average molecular weight is 340 g/mol. The molecule has 2 amide bonds. The Bertz CT molecular complexity index is 876. The van der Waals surface area contributed by atoms with Crippen LogP contribution in [0.4, 0.5) is 4.79 Å². The van der Waals surface area contributed by atoms with E-state index in [0.717, 1.165) is 16.6 Å². The fourth-order valence-electron chi connectivity index (χ4n) is 2.53. The molecule has 0 spiro atoms. The Morgan fingerprint density at radius 3 is 2.68 bits per heavy atom. The van der Waals surface area contributed by atoms with Crippen LogP contribution in [0.1, 0.15) is 11.1 Å². The summed E-state index contributed by atoms with van der Waals surface area (Å²) in [6.07, 6.45) is 3.62. The maximum atomic E-state index is 12.0. The number of aromatic nitrogens is 2. The van der Waals surface area contributed by atoms with Crippen LogP contribution in [0, 0.1) is 0 Å². The Morgan fingerprint density at radius 2 is 1.88 bits per heavy atom. The smallest absolute Gasteiger partial charge is 0.315 e. The SMILES string of the molecule is COc1ccc(CNC(=O)NCc2cnn3ccccc23)cc1OC. The Balaban J connectivity index is 1.54. The minimum atomic E-state index is -0.245. The molecule has 0 bridgehead atoms. The van der Waals surface area contributed by atoms with E-state index < -0.39 is 0 Å². The number of ether oxygens (including phenoxy) is 2. The van der Waals surface area contributed by atoms with Crippen molar-refractivity contribution in [3.05, 3.63) is 59.9 Å². The van der Waals surface area contributed by atoms with Gasteiger partial charge >= 0.3 is 6.03 Å². The molecule has 3 rings (SSSR count). The summed E-state index contributed by atoms with van der Waals surface area (Å²) < 4.78 is 12.2. The van der Waals surface area contributed by atoms with Gasteiger partial charge < -0.3 is 20.1 Å². The summed E-state index contributed by atoms with van der Waals surface area (Å²) in [6, 6.07) is 11.1. The van der Waals surface area contributed by atoms with E-state index in [1.165, 1.54) is 0 Å². The van der Waals surface area contributed by atoms with Crippen molar-refractivity contribution in [2.24, 2.45) is 0 Å². The summed E-state index contributed by atoms with van der Waals surface area (Å²) in [7, 11) is 3.17. The van der Waals surface area contributed by atoms with Gasteiger partial charge in [0.1, 0.15) is 0 Å². The molecule has 7 heteroatoms. The highest BCUT2D eigenvalue weighted by atomic mass is 16.5. The first kappa shape index (κ1) is 16.6. The second-order valence-electron chi connectivity index (χ2n) is 5.43. The standard InChI is InChI=1S/C18H20N4O3/c1-24-16-7-6-13(9-17(16)25-2)10-19-18(23)20-11-14-12-21-22-8-4-3-5-15(14)22/h3-9,12H,10-11H2,1-2H3,(H2,19,20,23). The molecule has 2 heterocycles. The van der Waals surface area contributed by atoms with E-state index in [2.05, 4.69) is 15.7 Å². The summed E-state index contributed by atoms with van der Waals surface area (Å²) in [5.41, 5.74) is 2.85. The molecule has 1 aromatic carbocycles. The van der Waals surface area contributed by atoms with Crippen molar-refractivity contribution in [1.82, 2.24) is 20.2 Å². The number of nitrogens with one attached hydrogen (secondary N) is 2. The Morgan fingerprint density at radius 1 is 1.08 bits per heavy atom. The van der Waals surface area contributed by atoms with Crippen LogP contribution < -0.4 is 20.1 Å². The molecule has 2 aromatic heterocycles. The molecule has 0 aliphatic carbocycles. The van der Waals surface area contributed by atoms with E-state index in [9.17, 15) is 4.79 Å². The zero-order valence-electron chi connectivity index (χ0n) is 14.2. The van der Waals surface area contributed by atoms with E-state index in [0.29, 0.717) is 24.6 Å². The predicted octanol–water partition coefficient (Wildman–Crippen LogP) is 2.35. The van der Waals surface area contributed by atoms with Gasteiger partial charge in [-0.2, -0.15) is 5.10 Å². The molecule has 130 valence electrons. The maximum Gasteiger partial charge on any atom is 0.315 e. The molecular weight excluding hydrogens is 320 g/mol. The number of methoxy groups -OCH3 is 2. The van der Waals surface area contributed by atoms with Crippen molar-refractivity contribution in [1.29, 1.82) is 0 Å². The molecule has 0 aliphatic heterocycles. The van der Waals surface area contributed by atoms with Gasteiger partial charge in [-0.1, -0.05) is 12.1 Å². The van der Waals surface area contributed by atoms with Crippen molar-refractivity contribution >= 4 is 11.5 Å². The third-order valence-corrected chi connectivity index (χ3v) is 3.85. The second-order valence-corrected chi connectivity index (χ2v) is 5.43. The minimum Gasteiger partial charge on any atom is -0.493 e. The lowest BCUT2D eigenvalue weighted by Crippen LogP contribution is -2.34. The summed E-state index contributed by atoms with van der Waals surface area (Å²) in [4.78, 5) is 12.0. The fourth-order valence-corrected chi connectivity index (χ4v) is 2.53. The number of amides is 2. The Labute approximate surface area is 145 Å². The van der Waals surface area contributed by atoms with E-state index in [1.807, 2.05) is 42.6 Å². The van der Waals surface area contributed by atoms with Crippen molar-refractivity contribution in [2.75, 3.05) is 14.2 Å². The number of urea groups is 1. The van der Waals surface area contributed by atoms with E-state index in [1.54, 1.807) is 24.9 Å². The molecular formula is C18H20N4O3. The maximum absolute atomic E-state index is 12.0. The third kappa shape index (κ3) is 3.82. The van der Waals surface area contributed by atoms with Crippen LogP contribution in [0.5, 0.6) is 11.5 Å². The van der Waals surface area contributed by atoms with Crippen molar-refractivity contribution in [3.8, 4) is 11.5 Å². The Kier molecular flexibility index (Phi) is 5.03. The minimum absolute atomic E-state index is 0.245. The van der Waals surface area contributed by atoms with E-state index in [-0.39, 0.29) is 6.03 Å². The number of hydrogen-bond acceptors (Lipinski definition) is 4. The van der Waals surface area contributed by atoms with Gasteiger partial charge in [0.25, 0.3) is 0 Å². The predicted molar refractivity (Wildman–Crippen MR) is 93.8 cm³/mol. The molecule has 0 atom stereocenters. The molecule has 2 N–H and O–H groups in total. The molecule has 0 saturated heterocycles. The average Bonchev–Trinajstić information content (AvgIpc) is 3.07. The Hall–Kier alpha value is -3.22. The molecule has 7 nitrogen and oxygen atoms in total. The van der Waals surface area contributed by atoms with Crippen LogP contribution in [0.2, 0.25) is 0 Å². The van der Waals surface area contributed by atoms with Crippen molar-refractivity contribution < 1.29 is 14.3 Å². The van der Waals surface area contributed by atoms with Crippen molar-refractivity contribution in [3.63, 3.8) is 0 Å². The molecule has 0 unspecified atom stereocenters. The monoisotopic (exact) mass is 340 g/mol. The molecule has 0 fully saturated rings. The van der Waals surface area contributed by atoms with Crippen LogP contribution in [-0.2, 0) is 13.1 Å². The van der Waals surface area contributed by atoms with Gasteiger partial charge in [-0.25, -0.2) is 9.31 Å². The van der Waals surface area contributed by atoms with Crippen LogP contribution >= 0.6 is 0 Å². The molecule has 0 radical (unpaired) electrons. The highest BCUT2D eigenvalue weighted by molar-refractivity contribution is 5.74. The zero-order chi connectivity index (χ0) is 17.6. The van der Waals surface area contributed by atoms with Crippen LogP contribution in [0.15, 0.2) is 48.8 Å². The third-order valence-electron chi connectivity index (χ3n) is 3.85.